The number of benzene rings is 2. The lowest BCUT2D eigenvalue weighted by molar-refractivity contribution is -0.143. The first-order valence-corrected chi connectivity index (χ1v) is 36.1. The van der Waals surface area contributed by atoms with Crippen molar-refractivity contribution in [3.8, 4) is 0 Å². The van der Waals surface area contributed by atoms with Crippen LogP contribution in [0.3, 0.4) is 0 Å². The van der Waals surface area contributed by atoms with E-state index in [0.29, 0.717) is 69.9 Å². The second-order valence-electron chi connectivity index (χ2n) is 28.3. The molecule has 4 fully saturated rings. The van der Waals surface area contributed by atoms with Gasteiger partial charge in [-0.3, -0.25) is 38.1 Å². The van der Waals surface area contributed by atoms with E-state index >= 15 is 8.78 Å². The summed E-state index contributed by atoms with van der Waals surface area (Å²) in [5.74, 6) is -3.83. The summed E-state index contributed by atoms with van der Waals surface area (Å²) < 4.78 is 36.3. The second-order valence-corrected chi connectivity index (χ2v) is 28.3. The lowest BCUT2D eigenvalue weighted by atomic mass is 9.83. The molecule has 0 unspecified atom stereocenters. The number of amides is 4. The smallest absolute Gasteiger partial charge is 0.276 e. The summed E-state index contributed by atoms with van der Waals surface area (Å²) in [5, 5.41) is 25.8. The molecule has 10 bridgehead atoms. The summed E-state index contributed by atoms with van der Waals surface area (Å²) in [7, 11) is 1.73. The fourth-order valence-electron chi connectivity index (χ4n) is 15.9. The fraction of sp³-hybridized carbons (Fsp3) is 0.658. The molecule has 2 aliphatic carbocycles. The topological polar surface area (TPSA) is 217 Å². The highest BCUT2D eigenvalue weighted by Crippen LogP contribution is 2.43. The number of rotatable bonds is 22. The van der Waals surface area contributed by atoms with Crippen LogP contribution in [0.15, 0.2) is 71.9 Å². The molecule has 3 saturated heterocycles. The van der Waals surface area contributed by atoms with Gasteiger partial charge in [0.2, 0.25) is 23.6 Å². The standard InChI is InChI=1S/C73H104F2N14O5/c1-50-55-27-21-28-57(43-55)73(74,75)56-34-41-86(42-35-56)46-59-47-87(84-83-59)37-19-20-38-88-68-62(67(79-50)77-49-78-68)45-61(71(88)93)53-32-39-85(40-33-53)36-18-11-9-7-5-4-6-8-10-15-31-65(90)80-58-44-64(70(92)81-63-30-22-26-52-23-16-17-29-60(52)63)89(48-58)72(94)66(54-24-13-12-14-25-54)82-69(91)51(2)76-3/h16-17,21,23,27-29,43,45,47,49-51,53-54,56,58,63-64,66,76H,4-15,18-20,22,24-26,30-42,44,46,48H2,1-3H3,(H,80,90)(H,81,92)(H,82,91)(H,77,78,79)/t50-,51+,58+,63-,64+,66+/m1/s1. The van der Waals surface area contributed by atoms with E-state index in [4.69, 9.17) is 9.97 Å². The van der Waals surface area contributed by atoms with E-state index in [1.165, 1.54) is 44.0 Å². The van der Waals surface area contributed by atoms with E-state index in [1.54, 1.807) is 37.1 Å². The summed E-state index contributed by atoms with van der Waals surface area (Å²) in [6.07, 6.45) is 26.9. The molecule has 2 aromatic carbocycles. The van der Waals surface area contributed by atoms with Crippen LogP contribution in [0.4, 0.5) is 14.6 Å². The zero-order valence-electron chi connectivity index (χ0n) is 56.1. The van der Waals surface area contributed by atoms with E-state index in [-0.39, 0.29) is 71.3 Å². The van der Waals surface area contributed by atoms with Gasteiger partial charge in [-0.1, -0.05) is 118 Å². The van der Waals surface area contributed by atoms with Crippen molar-refractivity contribution in [3.05, 3.63) is 111 Å². The summed E-state index contributed by atoms with van der Waals surface area (Å²) in [6, 6.07) is 14.2. The van der Waals surface area contributed by atoms with Crippen LogP contribution in [-0.2, 0) is 51.2 Å². The molecular formula is C73H104F2N14O5. The Morgan fingerprint density at radius 2 is 1.49 bits per heavy atom. The molecule has 1 saturated carbocycles. The van der Waals surface area contributed by atoms with Crippen LogP contribution in [0.2, 0.25) is 0 Å². The number of alkyl halides is 2. The maximum Gasteiger partial charge on any atom is 0.276 e. The largest absolute Gasteiger partial charge is 0.363 e. The lowest BCUT2D eigenvalue weighted by Gasteiger charge is -2.36. The Balaban J connectivity index is 0.614. The normalized spacial score (nSPS) is 23.7. The van der Waals surface area contributed by atoms with Gasteiger partial charge < -0.3 is 36.4 Å². The van der Waals surface area contributed by atoms with Gasteiger partial charge in [0.25, 0.3) is 11.5 Å². The van der Waals surface area contributed by atoms with Crippen LogP contribution >= 0.6 is 0 Å². The van der Waals surface area contributed by atoms with Crippen LogP contribution in [-0.4, -0.2) is 138 Å². The van der Waals surface area contributed by atoms with Gasteiger partial charge in [-0.2, -0.15) is 0 Å². The number of carbonyl (C=O) groups excluding carboxylic acids is 4. The number of halogens is 2. The number of aromatic nitrogens is 6. The molecular weight excluding hydrogens is 1190 g/mol. The van der Waals surface area contributed by atoms with E-state index in [1.807, 2.05) is 46.6 Å². The summed E-state index contributed by atoms with van der Waals surface area (Å²) in [5.41, 5.74) is 5.31. The number of hydrogen-bond donors (Lipinski definition) is 5. The van der Waals surface area contributed by atoms with Crippen molar-refractivity contribution in [1.82, 2.24) is 65.5 Å². The van der Waals surface area contributed by atoms with Crippen LogP contribution in [0, 0.1) is 11.8 Å². The SMILES string of the molecule is CN[C@@H](C)C(=O)N[C@H](C(=O)N1C[C@@H](NC(=O)CCCCCCCCCCCCN2CCC(c3cc4c5ncnc4n(c3=O)CCCCn3cc(nn3)CN3CCC(CC3)C(F)(F)c3cccc(c3)[C@@H](C)N5)CC2)C[C@H]1C(=O)N[C@@H]1CCCc2ccccc21)C1CCCCC1. The number of carbonyl (C=O) groups is 4. The molecule has 5 aliphatic heterocycles. The number of hydrogen-bond acceptors (Lipinski definition) is 13. The van der Waals surface area contributed by atoms with Crippen LogP contribution < -0.4 is 32.1 Å². The molecule has 4 amide bonds. The van der Waals surface area contributed by atoms with Crippen molar-refractivity contribution in [1.29, 1.82) is 0 Å². The van der Waals surface area contributed by atoms with Crippen molar-refractivity contribution in [3.63, 3.8) is 0 Å². The number of anilines is 1. The number of pyridine rings is 1. The molecule has 5 aromatic rings. The Morgan fingerprint density at radius 1 is 0.755 bits per heavy atom. The van der Waals surface area contributed by atoms with Crippen molar-refractivity contribution < 1.29 is 28.0 Å². The Labute approximate surface area is 554 Å². The van der Waals surface area contributed by atoms with Gasteiger partial charge in [0.1, 0.15) is 29.9 Å². The maximum absolute atomic E-state index is 16.3. The molecule has 6 atom stereocenters. The monoisotopic (exact) mass is 1290 g/mol. The molecule has 7 aliphatic rings. The van der Waals surface area contributed by atoms with Crippen LogP contribution in [0.25, 0.3) is 11.0 Å². The number of aryl methyl sites for hydroxylation is 3. The Morgan fingerprint density at radius 3 is 2.26 bits per heavy atom. The highest BCUT2D eigenvalue weighted by atomic mass is 19.3. The fourth-order valence-corrected chi connectivity index (χ4v) is 15.9. The molecule has 0 radical (unpaired) electrons. The third kappa shape index (κ3) is 17.3. The van der Waals surface area contributed by atoms with Crippen molar-refractivity contribution in [2.45, 2.75) is 249 Å². The number of nitrogens with zero attached hydrogens (tertiary/aromatic N) is 9. The number of piperidine rings is 2. The third-order valence-electron chi connectivity index (χ3n) is 21.7. The molecule has 8 heterocycles. The quantitative estimate of drug-likeness (QED) is 0.0408. The predicted octanol–water partition coefficient (Wildman–Crippen LogP) is 10.8. The average Bonchev–Trinajstić information content (AvgIpc) is 0.972. The van der Waals surface area contributed by atoms with E-state index < -0.39 is 30.0 Å². The van der Waals surface area contributed by atoms with Crippen molar-refractivity contribution in [2.24, 2.45) is 11.8 Å². The number of nitrogens with one attached hydrogen (secondary N) is 5. The molecule has 19 nitrogen and oxygen atoms in total. The van der Waals surface area contributed by atoms with Crippen molar-refractivity contribution >= 4 is 40.5 Å². The van der Waals surface area contributed by atoms with E-state index in [2.05, 4.69) is 58.8 Å². The highest BCUT2D eigenvalue weighted by molar-refractivity contribution is 5.94. The third-order valence-corrected chi connectivity index (χ3v) is 21.7. The van der Waals surface area contributed by atoms with E-state index in [0.717, 1.165) is 157 Å². The summed E-state index contributed by atoms with van der Waals surface area (Å²) in [4.78, 5) is 86.5. The molecule has 21 heteroatoms. The molecule has 5 N–H and O–H groups in total. The first-order chi connectivity index (χ1) is 45.7. The second kappa shape index (κ2) is 32.8. The van der Waals surface area contributed by atoms with E-state index in [9.17, 15) is 24.0 Å². The first kappa shape index (κ1) is 68.7. The van der Waals surface area contributed by atoms with Gasteiger partial charge in [0, 0.05) is 67.9 Å². The molecule has 94 heavy (non-hydrogen) atoms. The van der Waals surface area contributed by atoms with Crippen LogP contribution in [0.5, 0.6) is 0 Å². The predicted molar refractivity (Wildman–Crippen MR) is 362 cm³/mol. The van der Waals surface area contributed by atoms with Gasteiger partial charge in [0.15, 0.2) is 0 Å². The highest BCUT2D eigenvalue weighted by Gasteiger charge is 2.46. The Kier molecular flexibility index (Phi) is 24.0. The summed E-state index contributed by atoms with van der Waals surface area (Å²) in [6.45, 7) is 9.73. The zero-order valence-corrected chi connectivity index (χ0v) is 56.1. The van der Waals surface area contributed by atoms with Crippen LogP contribution in [0.1, 0.15) is 226 Å². The number of unbranched alkanes of at least 4 members (excludes halogenated alkanes) is 9. The molecule has 510 valence electrons. The number of likely N-dealkylation sites (tertiary alicyclic amines) is 2. The molecule has 0 spiro atoms. The molecule has 3 aromatic heterocycles. The van der Waals surface area contributed by atoms with Gasteiger partial charge >= 0.3 is 0 Å². The minimum absolute atomic E-state index is 0.00625. The maximum atomic E-state index is 16.3. The van der Waals surface area contributed by atoms with Gasteiger partial charge in [-0.15, -0.1) is 5.10 Å². The van der Waals surface area contributed by atoms with Gasteiger partial charge in [-0.25, -0.2) is 18.7 Å². The number of likely N-dealkylation sites (N-methyl/N-ethyl adjacent to an activating group) is 1. The lowest BCUT2D eigenvalue weighted by Crippen LogP contribution is -2.58. The summed E-state index contributed by atoms with van der Waals surface area (Å²) >= 11 is 0. The minimum atomic E-state index is -2.98. The minimum Gasteiger partial charge on any atom is -0.363 e. The van der Waals surface area contributed by atoms with Crippen molar-refractivity contribution in [2.75, 3.05) is 51.6 Å². The zero-order chi connectivity index (χ0) is 65.6. The Bertz CT molecular complexity index is 3390. The van der Waals surface area contributed by atoms with Gasteiger partial charge in [0.05, 0.1) is 23.2 Å². The first-order valence-electron chi connectivity index (χ1n) is 36.1. The molecule has 12 rings (SSSR count). The Hall–Kier alpha value is -6.71. The van der Waals surface area contributed by atoms with Gasteiger partial charge in [-0.05, 0) is 184 Å². The average molecular weight is 1300 g/mol. The number of fused-ring (bicyclic) bond motifs is 7.